The summed E-state index contributed by atoms with van der Waals surface area (Å²) in [5, 5.41) is 22.9. The van der Waals surface area contributed by atoms with E-state index in [1.54, 1.807) is 0 Å². The van der Waals surface area contributed by atoms with Gasteiger partial charge in [-0.25, -0.2) is 0 Å². The summed E-state index contributed by atoms with van der Waals surface area (Å²) < 4.78 is 0. The van der Waals surface area contributed by atoms with Gasteiger partial charge in [0.15, 0.2) is 6.10 Å². The van der Waals surface area contributed by atoms with Crippen LogP contribution < -0.4 is 5.32 Å². The largest absolute Gasteiger partial charge is 0.378 e. The van der Waals surface area contributed by atoms with Crippen LogP contribution in [0.1, 0.15) is 37.9 Å². The number of nitrogens with one attached hydrogen (secondary N) is 1. The minimum atomic E-state index is -1.40. The Labute approximate surface area is 133 Å². The summed E-state index contributed by atoms with van der Waals surface area (Å²) in [5.74, 6) is -0.551. The Morgan fingerprint density at radius 2 is 2.10 bits per heavy atom. The van der Waals surface area contributed by atoms with Crippen LogP contribution in [0.5, 0.6) is 0 Å². The summed E-state index contributed by atoms with van der Waals surface area (Å²) in [5.41, 5.74) is -0.593. The van der Waals surface area contributed by atoms with E-state index in [1.807, 2.05) is 6.92 Å². The smallest absolute Gasteiger partial charge is 0.254 e. The lowest BCUT2D eigenvalue weighted by Gasteiger charge is -2.28. The first-order valence-corrected chi connectivity index (χ1v) is 7.51. The van der Waals surface area contributed by atoms with Gasteiger partial charge in [-0.1, -0.05) is 30.1 Å². The number of nitrogens with zero attached hydrogens (tertiary/aromatic N) is 1. The molecule has 1 fully saturated rings. The van der Waals surface area contributed by atoms with Crippen LogP contribution in [-0.4, -0.2) is 16.6 Å². The number of hydrogen-bond acceptors (Lipinski definition) is 3. The molecular formula is C15H16Cl2N2O2. The number of carbonyl (C=O) groups excluding carboxylic acids is 1. The maximum Gasteiger partial charge on any atom is 0.254 e. The van der Waals surface area contributed by atoms with Crippen molar-refractivity contribution in [3.63, 3.8) is 0 Å². The predicted octanol–water partition coefficient (Wildman–Crippen LogP) is 3.23. The molecule has 0 aromatic heterocycles. The van der Waals surface area contributed by atoms with Gasteiger partial charge in [-0.3, -0.25) is 4.79 Å². The summed E-state index contributed by atoms with van der Waals surface area (Å²) in [4.78, 5) is 12.2. The Kier molecular flexibility index (Phi) is 4.77. The van der Waals surface area contributed by atoms with Gasteiger partial charge < -0.3 is 10.4 Å². The minimum Gasteiger partial charge on any atom is -0.378 e. The van der Waals surface area contributed by atoms with Crippen molar-refractivity contribution in [1.29, 1.82) is 5.26 Å². The van der Waals surface area contributed by atoms with Gasteiger partial charge in [-0.2, -0.15) is 5.26 Å². The number of halogens is 2. The fourth-order valence-electron chi connectivity index (χ4n) is 2.73. The van der Waals surface area contributed by atoms with Crippen molar-refractivity contribution in [2.45, 2.75) is 37.8 Å². The second-order valence-electron chi connectivity index (χ2n) is 5.47. The van der Waals surface area contributed by atoms with Gasteiger partial charge in [-0.05, 0) is 48.9 Å². The molecule has 0 heterocycles. The molecule has 3 unspecified atom stereocenters. The number of amides is 1. The maximum absolute atomic E-state index is 12.2. The summed E-state index contributed by atoms with van der Waals surface area (Å²) in [6, 6.07) is 6.67. The molecule has 1 saturated carbocycles. The number of aliphatic hydroxyl groups excluding tert-OH is 1. The predicted molar refractivity (Wildman–Crippen MR) is 80.9 cm³/mol. The molecule has 0 spiro atoms. The number of aliphatic hydroxyl groups is 1. The monoisotopic (exact) mass is 326 g/mol. The molecule has 1 aliphatic rings. The molecule has 112 valence electrons. The molecule has 2 rings (SSSR count). The van der Waals surface area contributed by atoms with Crippen LogP contribution in [-0.2, 0) is 4.79 Å². The van der Waals surface area contributed by atoms with Crippen molar-refractivity contribution in [3.8, 4) is 6.07 Å². The molecule has 0 saturated heterocycles. The lowest BCUT2D eigenvalue weighted by atomic mass is 9.89. The molecule has 0 radical (unpaired) electrons. The number of carbonyl (C=O) groups is 1. The summed E-state index contributed by atoms with van der Waals surface area (Å²) in [7, 11) is 0. The molecule has 1 aromatic carbocycles. The number of rotatable bonds is 3. The molecule has 21 heavy (non-hydrogen) atoms. The normalized spacial score (nSPS) is 26.1. The number of benzene rings is 1. The third kappa shape index (κ3) is 3.32. The minimum absolute atomic E-state index is 0.0570. The summed E-state index contributed by atoms with van der Waals surface area (Å²) in [6.45, 7) is 1.93. The van der Waals surface area contributed by atoms with E-state index in [9.17, 15) is 15.2 Å². The van der Waals surface area contributed by atoms with Gasteiger partial charge in [0.2, 0.25) is 0 Å². The third-order valence-electron chi connectivity index (χ3n) is 4.04. The van der Waals surface area contributed by atoms with Crippen molar-refractivity contribution in [3.05, 3.63) is 33.8 Å². The van der Waals surface area contributed by atoms with Crippen LogP contribution in [0.3, 0.4) is 0 Å². The lowest BCUT2D eigenvalue weighted by Crippen LogP contribution is -2.50. The first-order valence-electron chi connectivity index (χ1n) is 6.75. The average Bonchev–Trinajstić information content (AvgIpc) is 2.78. The zero-order valence-electron chi connectivity index (χ0n) is 11.6. The van der Waals surface area contributed by atoms with Crippen molar-refractivity contribution < 1.29 is 9.90 Å². The van der Waals surface area contributed by atoms with E-state index in [-0.39, 0.29) is 5.92 Å². The Balaban J connectivity index is 2.18. The van der Waals surface area contributed by atoms with E-state index in [1.165, 1.54) is 18.2 Å². The number of nitriles is 1. The topological polar surface area (TPSA) is 73.1 Å². The number of hydrogen-bond donors (Lipinski definition) is 2. The highest BCUT2D eigenvalue weighted by Gasteiger charge is 2.42. The Morgan fingerprint density at radius 1 is 1.48 bits per heavy atom. The highest BCUT2D eigenvalue weighted by atomic mass is 35.5. The van der Waals surface area contributed by atoms with E-state index >= 15 is 0 Å². The molecule has 3 atom stereocenters. The van der Waals surface area contributed by atoms with Crippen LogP contribution in [0.4, 0.5) is 0 Å². The van der Waals surface area contributed by atoms with Crippen LogP contribution in [0.2, 0.25) is 10.0 Å². The molecule has 1 aromatic rings. The molecule has 4 nitrogen and oxygen atoms in total. The van der Waals surface area contributed by atoms with Gasteiger partial charge in [-0.15, -0.1) is 0 Å². The zero-order chi connectivity index (χ0) is 15.6. The fraction of sp³-hybridized carbons (Fsp3) is 0.467. The van der Waals surface area contributed by atoms with Gasteiger partial charge in [0.1, 0.15) is 5.54 Å². The van der Waals surface area contributed by atoms with Crippen LogP contribution in [0.15, 0.2) is 18.2 Å². The quantitative estimate of drug-likeness (QED) is 0.895. The highest BCUT2D eigenvalue weighted by Crippen LogP contribution is 2.35. The van der Waals surface area contributed by atoms with Crippen molar-refractivity contribution in [1.82, 2.24) is 5.32 Å². The standard InChI is InChI=1S/C15H16Cl2N2O2/c1-9-3-2-4-15(9,8-18)19-14(21)13(20)10-5-11(16)7-12(17)6-10/h5-7,9,13,20H,2-4H2,1H3,(H,19,21). The van der Waals surface area contributed by atoms with Gasteiger partial charge in [0, 0.05) is 10.0 Å². The van der Waals surface area contributed by atoms with Crippen LogP contribution in [0.25, 0.3) is 0 Å². The second-order valence-corrected chi connectivity index (χ2v) is 6.34. The first-order chi connectivity index (χ1) is 9.88. The van der Waals surface area contributed by atoms with Crippen LogP contribution >= 0.6 is 23.2 Å². The van der Waals surface area contributed by atoms with Gasteiger partial charge >= 0.3 is 0 Å². The van der Waals surface area contributed by atoms with E-state index in [0.717, 1.165) is 12.8 Å². The molecule has 1 amide bonds. The Bertz CT molecular complexity index is 580. The Morgan fingerprint density at radius 3 is 2.57 bits per heavy atom. The zero-order valence-corrected chi connectivity index (χ0v) is 13.1. The van der Waals surface area contributed by atoms with Gasteiger partial charge in [0.25, 0.3) is 5.91 Å². The molecular weight excluding hydrogens is 311 g/mol. The molecule has 6 heteroatoms. The molecule has 0 bridgehead atoms. The van der Waals surface area contributed by atoms with E-state index in [2.05, 4.69) is 11.4 Å². The van der Waals surface area contributed by atoms with E-state index in [0.29, 0.717) is 22.0 Å². The second kappa shape index (κ2) is 6.23. The maximum atomic E-state index is 12.2. The van der Waals surface area contributed by atoms with Crippen molar-refractivity contribution in [2.75, 3.05) is 0 Å². The summed E-state index contributed by atoms with van der Waals surface area (Å²) in [6.07, 6.45) is 0.958. The molecule has 0 aliphatic heterocycles. The molecule has 2 N–H and O–H groups in total. The van der Waals surface area contributed by atoms with Gasteiger partial charge in [0.05, 0.1) is 6.07 Å². The lowest BCUT2D eigenvalue weighted by molar-refractivity contribution is -0.131. The summed E-state index contributed by atoms with van der Waals surface area (Å²) >= 11 is 11.7. The van der Waals surface area contributed by atoms with Crippen molar-refractivity contribution >= 4 is 29.1 Å². The molecule has 1 aliphatic carbocycles. The van der Waals surface area contributed by atoms with Crippen LogP contribution in [0, 0.1) is 17.2 Å². The van der Waals surface area contributed by atoms with E-state index in [4.69, 9.17) is 23.2 Å². The Hall–Kier alpha value is -1.28. The fourth-order valence-corrected chi connectivity index (χ4v) is 3.28. The first kappa shape index (κ1) is 16.1. The third-order valence-corrected chi connectivity index (χ3v) is 4.48. The highest BCUT2D eigenvalue weighted by molar-refractivity contribution is 6.34. The SMILES string of the molecule is CC1CCCC1(C#N)NC(=O)C(O)c1cc(Cl)cc(Cl)c1. The van der Waals surface area contributed by atoms with E-state index < -0.39 is 17.6 Å². The van der Waals surface area contributed by atoms with Crippen molar-refractivity contribution in [2.24, 2.45) is 5.92 Å². The average molecular weight is 327 g/mol.